The zero-order valence-corrected chi connectivity index (χ0v) is 13.7. The predicted octanol–water partition coefficient (Wildman–Crippen LogP) is 0.908. The van der Waals surface area contributed by atoms with Crippen molar-refractivity contribution < 1.29 is 18.8 Å². The Labute approximate surface area is 148 Å². The van der Waals surface area contributed by atoms with E-state index >= 15 is 0 Å². The Morgan fingerprint density at radius 3 is 2.31 bits per heavy atom. The minimum Gasteiger partial charge on any atom is -0.463 e. The molecule has 1 aromatic carbocycles. The number of carbonyl (C=O) groups excluding carboxylic acids is 3. The second kappa shape index (κ2) is 7.06. The van der Waals surface area contributed by atoms with Crippen LogP contribution in [0.1, 0.15) is 10.4 Å². The molecular weight excluding hydrogens is 336 g/mol. The summed E-state index contributed by atoms with van der Waals surface area (Å²) in [5.74, 6) is -1.55. The van der Waals surface area contributed by atoms with Gasteiger partial charge in [-0.15, -0.1) is 0 Å². The van der Waals surface area contributed by atoms with Gasteiger partial charge in [0.05, 0.1) is 17.3 Å². The summed E-state index contributed by atoms with van der Waals surface area (Å²) in [5, 5.41) is 0.576. The van der Waals surface area contributed by atoms with Crippen molar-refractivity contribution in [3.63, 3.8) is 0 Å². The van der Waals surface area contributed by atoms with Gasteiger partial charge in [-0.2, -0.15) is 0 Å². The van der Waals surface area contributed by atoms with E-state index in [4.69, 9.17) is 15.9 Å². The number of rotatable bonds is 6. The molecule has 0 fully saturated rings. The van der Waals surface area contributed by atoms with Crippen LogP contribution in [0, 0.1) is 0 Å². The molecule has 4 N–H and O–H groups in total. The smallest absolute Gasteiger partial charge is 0.255 e. The Hall–Kier alpha value is -3.68. The molecule has 2 aromatic heterocycles. The van der Waals surface area contributed by atoms with Crippen LogP contribution in [0.25, 0.3) is 22.4 Å². The average molecular weight is 352 g/mol. The number of nitrogens with two attached hydrogens (primary N) is 2. The molecule has 2 heterocycles. The Kier molecular flexibility index (Phi) is 4.66. The Bertz CT molecular complexity index is 966. The van der Waals surface area contributed by atoms with E-state index in [1.807, 2.05) is 0 Å². The molecular formula is C18H16N4O4. The van der Waals surface area contributed by atoms with Gasteiger partial charge in [0.2, 0.25) is 11.8 Å². The first-order valence-electron chi connectivity index (χ1n) is 7.75. The number of fused-ring (bicyclic) bond motifs is 1. The van der Waals surface area contributed by atoms with Crippen LogP contribution >= 0.6 is 0 Å². The lowest BCUT2D eigenvalue weighted by Crippen LogP contribution is -2.43. The first-order chi connectivity index (χ1) is 12.5. The number of carbonyl (C=O) groups is 3. The molecule has 0 spiro atoms. The van der Waals surface area contributed by atoms with Crippen molar-refractivity contribution in [2.45, 2.75) is 0 Å². The SMILES string of the molecule is NC(=O)CN(CC(N)=O)C(=O)c1cc(-c2ccco2)nc2ccccc12. The minimum absolute atomic E-state index is 0.268. The van der Waals surface area contributed by atoms with Gasteiger partial charge in [-0.1, -0.05) is 18.2 Å². The topological polar surface area (TPSA) is 133 Å². The number of hydrogen-bond donors (Lipinski definition) is 2. The van der Waals surface area contributed by atoms with Crippen LogP contribution in [0.15, 0.2) is 53.1 Å². The molecule has 8 nitrogen and oxygen atoms in total. The number of pyridine rings is 1. The fourth-order valence-electron chi connectivity index (χ4n) is 2.65. The van der Waals surface area contributed by atoms with Gasteiger partial charge in [0.1, 0.15) is 18.8 Å². The van der Waals surface area contributed by atoms with Crippen LogP contribution < -0.4 is 11.5 Å². The molecule has 3 aromatic rings. The number of nitrogens with zero attached hydrogens (tertiary/aromatic N) is 2. The molecule has 8 heteroatoms. The molecule has 0 aliphatic carbocycles. The molecule has 3 rings (SSSR count). The molecule has 0 bridgehead atoms. The molecule has 0 saturated carbocycles. The number of para-hydroxylation sites is 1. The molecule has 0 unspecified atom stereocenters. The summed E-state index contributed by atoms with van der Waals surface area (Å²) in [7, 11) is 0. The highest BCUT2D eigenvalue weighted by Crippen LogP contribution is 2.26. The van der Waals surface area contributed by atoms with Crippen LogP contribution in [-0.4, -0.2) is 40.7 Å². The van der Waals surface area contributed by atoms with Gasteiger partial charge >= 0.3 is 0 Å². The van der Waals surface area contributed by atoms with Gasteiger partial charge < -0.3 is 20.8 Å². The van der Waals surface area contributed by atoms with Crippen LogP contribution in [-0.2, 0) is 9.59 Å². The lowest BCUT2D eigenvalue weighted by atomic mass is 10.1. The Morgan fingerprint density at radius 2 is 1.69 bits per heavy atom. The summed E-state index contributed by atoms with van der Waals surface area (Å²) in [5.41, 5.74) is 11.7. The number of amides is 3. The Balaban J connectivity index is 2.13. The number of furan rings is 1. The van der Waals surface area contributed by atoms with E-state index in [0.717, 1.165) is 4.90 Å². The van der Waals surface area contributed by atoms with E-state index in [1.165, 1.54) is 6.26 Å². The Morgan fingerprint density at radius 1 is 1.00 bits per heavy atom. The van der Waals surface area contributed by atoms with Crippen LogP contribution in [0.4, 0.5) is 0 Å². The van der Waals surface area contributed by atoms with E-state index in [9.17, 15) is 14.4 Å². The van der Waals surface area contributed by atoms with Crippen LogP contribution in [0.5, 0.6) is 0 Å². The molecule has 132 valence electrons. The molecule has 26 heavy (non-hydrogen) atoms. The van der Waals surface area contributed by atoms with Crippen molar-refractivity contribution in [2.24, 2.45) is 11.5 Å². The maximum Gasteiger partial charge on any atom is 0.255 e. The van der Waals surface area contributed by atoms with Crippen molar-refractivity contribution in [3.8, 4) is 11.5 Å². The summed E-state index contributed by atoms with van der Waals surface area (Å²) < 4.78 is 5.36. The molecule has 0 saturated heterocycles. The second-order valence-electron chi connectivity index (χ2n) is 5.64. The average Bonchev–Trinajstić information content (AvgIpc) is 3.13. The third kappa shape index (κ3) is 3.54. The molecule has 0 radical (unpaired) electrons. The minimum atomic E-state index is -0.746. The number of hydrogen-bond acceptors (Lipinski definition) is 5. The zero-order valence-electron chi connectivity index (χ0n) is 13.7. The normalized spacial score (nSPS) is 10.6. The van der Waals surface area contributed by atoms with Crippen molar-refractivity contribution >= 4 is 28.6 Å². The summed E-state index contributed by atoms with van der Waals surface area (Å²) in [4.78, 5) is 41.1. The fourth-order valence-corrected chi connectivity index (χ4v) is 2.65. The number of aromatic nitrogens is 1. The van der Waals surface area contributed by atoms with Crippen molar-refractivity contribution in [2.75, 3.05) is 13.1 Å². The van der Waals surface area contributed by atoms with E-state index in [2.05, 4.69) is 4.98 Å². The van der Waals surface area contributed by atoms with E-state index in [-0.39, 0.29) is 5.56 Å². The lowest BCUT2D eigenvalue weighted by Gasteiger charge is -2.20. The first kappa shape index (κ1) is 17.2. The van der Waals surface area contributed by atoms with Crippen molar-refractivity contribution in [3.05, 3.63) is 54.3 Å². The monoisotopic (exact) mass is 352 g/mol. The lowest BCUT2D eigenvalue weighted by molar-refractivity contribution is -0.121. The van der Waals surface area contributed by atoms with Gasteiger partial charge in [-0.05, 0) is 24.3 Å². The van der Waals surface area contributed by atoms with Crippen LogP contribution in [0.3, 0.4) is 0 Å². The summed E-state index contributed by atoms with van der Waals surface area (Å²) in [6, 6.07) is 12.0. The highest BCUT2D eigenvalue weighted by atomic mass is 16.3. The van der Waals surface area contributed by atoms with Gasteiger partial charge in [0.15, 0.2) is 5.76 Å². The van der Waals surface area contributed by atoms with E-state index < -0.39 is 30.8 Å². The highest BCUT2D eigenvalue weighted by Gasteiger charge is 2.23. The summed E-state index contributed by atoms with van der Waals surface area (Å²) in [6.07, 6.45) is 1.50. The quantitative estimate of drug-likeness (QED) is 0.680. The maximum atomic E-state index is 13.0. The van der Waals surface area contributed by atoms with Gasteiger partial charge in [-0.25, -0.2) is 4.98 Å². The van der Waals surface area contributed by atoms with E-state index in [0.29, 0.717) is 22.4 Å². The standard InChI is InChI=1S/C18H16N4O4/c19-16(23)9-22(10-17(20)24)18(25)12-8-14(15-6-3-7-26-15)21-13-5-2-1-4-11(12)13/h1-8H,9-10H2,(H2,19,23)(H2,20,24). The van der Waals surface area contributed by atoms with Gasteiger partial charge in [0.25, 0.3) is 5.91 Å². The van der Waals surface area contributed by atoms with Gasteiger partial charge in [-0.3, -0.25) is 14.4 Å². The molecule has 0 aliphatic rings. The van der Waals surface area contributed by atoms with Gasteiger partial charge in [0, 0.05) is 5.39 Å². The third-order valence-electron chi connectivity index (χ3n) is 3.70. The summed E-state index contributed by atoms with van der Waals surface area (Å²) >= 11 is 0. The fraction of sp³-hybridized carbons (Fsp3) is 0.111. The van der Waals surface area contributed by atoms with E-state index in [1.54, 1.807) is 42.5 Å². The highest BCUT2D eigenvalue weighted by molar-refractivity contribution is 6.08. The molecule has 3 amide bonds. The largest absolute Gasteiger partial charge is 0.463 e. The maximum absolute atomic E-state index is 13.0. The number of primary amides is 2. The first-order valence-corrected chi connectivity index (χ1v) is 7.75. The van der Waals surface area contributed by atoms with Crippen molar-refractivity contribution in [1.29, 1.82) is 0 Å². The second-order valence-corrected chi connectivity index (χ2v) is 5.64. The zero-order chi connectivity index (χ0) is 18.7. The summed E-state index contributed by atoms with van der Waals surface area (Å²) in [6.45, 7) is -0.844. The third-order valence-corrected chi connectivity index (χ3v) is 3.70. The molecule has 0 aliphatic heterocycles. The van der Waals surface area contributed by atoms with Crippen molar-refractivity contribution in [1.82, 2.24) is 9.88 Å². The van der Waals surface area contributed by atoms with Crippen LogP contribution in [0.2, 0.25) is 0 Å². The predicted molar refractivity (Wildman–Crippen MR) is 93.7 cm³/mol. The number of benzene rings is 1. The molecule has 0 atom stereocenters.